The highest BCUT2D eigenvalue weighted by atomic mass is 32.1. The Morgan fingerprint density at radius 3 is 2.57 bits per heavy atom. The first kappa shape index (κ1) is 18.6. The molecule has 0 aliphatic carbocycles. The third kappa shape index (κ3) is 2.98. The van der Waals surface area contributed by atoms with E-state index in [2.05, 4.69) is 15.3 Å². The lowest BCUT2D eigenvalue weighted by Gasteiger charge is -2.09. The maximum atomic E-state index is 13.5. The number of fused-ring (bicyclic) bond motifs is 1. The zero-order valence-electron chi connectivity index (χ0n) is 16.7. The lowest BCUT2D eigenvalue weighted by Crippen LogP contribution is -2.02. The van der Waals surface area contributed by atoms with Gasteiger partial charge < -0.3 is 0 Å². The second-order valence-electron chi connectivity index (χ2n) is 6.89. The maximum Gasteiger partial charge on any atom is 0.164 e. The Bertz CT molecular complexity index is 1360. The maximum absolute atomic E-state index is 13.5. The molecule has 5 aromatic rings. The van der Waals surface area contributed by atoms with Crippen molar-refractivity contribution in [3.8, 4) is 27.6 Å². The molecule has 0 aliphatic rings. The second-order valence-corrected chi connectivity index (χ2v) is 8.07. The normalized spacial score (nSPS) is 11.5. The Morgan fingerprint density at radius 2 is 1.87 bits per heavy atom. The molecule has 0 bridgehead atoms. The molecule has 9 heteroatoms. The van der Waals surface area contributed by atoms with Crippen molar-refractivity contribution < 1.29 is 4.39 Å². The van der Waals surface area contributed by atoms with Crippen LogP contribution in [0.5, 0.6) is 0 Å². The number of hydrogen-bond acceptors (Lipinski definition) is 6. The van der Waals surface area contributed by atoms with Crippen molar-refractivity contribution >= 4 is 22.4 Å². The van der Waals surface area contributed by atoms with Crippen LogP contribution >= 0.6 is 11.3 Å². The molecule has 0 unspecified atom stereocenters. The number of hydrogen-bond donors (Lipinski definition) is 0. The lowest BCUT2D eigenvalue weighted by atomic mass is 10.1. The van der Waals surface area contributed by atoms with Gasteiger partial charge in [-0.05, 0) is 57.2 Å². The summed E-state index contributed by atoms with van der Waals surface area (Å²) >= 11 is 1.53. The first-order valence-electron chi connectivity index (χ1n) is 9.54. The molecule has 0 amide bonds. The van der Waals surface area contributed by atoms with Crippen molar-refractivity contribution in [1.82, 2.24) is 34.7 Å². The van der Waals surface area contributed by atoms with Gasteiger partial charge in [0, 0.05) is 18.3 Å². The summed E-state index contributed by atoms with van der Waals surface area (Å²) in [5, 5.41) is 20.3. The van der Waals surface area contributed by atoms with Crippen molar-refractivity contribution in [2.45, 2.75) is 27.3 Å². The summed E-state index contributed by atoms with van der Waals surface area (Å²) < 4.78 is 17.1. The summed E-state index contributed by atoms with van der Waals surface area (Å²) in [5.41, 5.74) is 4.85. The summed E-state index contributed by atoms with van der Waals surface area (Å²) in [7, 11) is 0. The summed E-state index contributed by atoms with van der Waals surface area (Å²) in [5.74, 6) is -0.294. The zero-order chi connectivity index (χ0) is 20.8. The fourth-order valence-electron chi connectivity index (χ4n) is 3.56. The number of aromatic nitrogens is 7. The standard InChI is InChI=1S/C21H18FN7S/c1-4-28-18(9-10-23-28)17-11-16(21-26-25-13(3)30-21)19-12(2)27-29(20(19)24-17)15-7-5-14(22)6-8-15/h5-11H,4H2,1-3H3. The quantitative estimate of drug-likeness (QED) is 0.426. The van der Waals surface area contributed by atoms with Crippen LogP contribution in [0.15, 0.2) is 42.6 Å². The molecule has 0 fully saturated rings. The predicted molar refractivity (Wildman–Crippen MR) is 114 cm³/mol. The number of halogens is 1. The van der Waals surface area contributed by atoms with E-state index in [0.717, 1.165) is 50.3 Å². The van der Waals surface area contributed by atoms with Gasteiger partial charge in [0.15, 0.2) is 5.65 Å². The predicted octanol–water partition coefficient (Wildman–Crippen LogP) is 4.58. The largest absolute Gasteiger partial charge is 0.264 e. The SMILES string of the molecule is CCn1nccc1-c1cc(-c2nnc(C)s2)c2c(C)nn(-c3ccc(F)cc3)c2n1. The van der Waals surface area contributed by atoms with Gasteiger partial charge in [0.1, 0.15) is 15.8 Å². The van der Waals surface area contributed by atoms with Crippen LogP contribution in [-0.4, -0.2) is 34.7 Å². The van der Waals surface area contributed by atoms with Crippen molar-refractivity contribution in [2.75, 3.05) is 0 Å². The molecule has 0 saturated carbocycles. The first-order valence-corrected chi connectivity index (χ1v) is 10.4. The molecule has 4 aromatic heterocycles. The van der Waals surface area contributed by atoms with E-state index in [1.54, 1.807) is 23.0 Å². The highest BCUT2D eigenvalue weighted by Gasteiger charge is 2.21. The Kier molecular flexibility index (Phi) is 4.39. The average molecular weight is 419 g/mol. The van der Waals surface area contributed by atoms with Gasteiger partial charge >= 0.3 is 0 Å². The summed E-state index contributed by atoms with van der Waals surface area (Å²) in [6, 6.07) is 10.2. The van der Waals surface area contributed by atoms with Crippen molar-refractivity contribution in [1.29, 1.82) is 0 Å². The topological polar surface area (TPSA) is 74.3 Å². The van der Waals surface area contributed by atoms with Gasteiger partial charge in [-0.15, -0.1) is 10.2 Å². The summed E-state index contributed by atoms with van der Waals surface area (Å²) in [4.78, 5) is 4.94. The van der Waals surface area contributed by atoms with Crippen LogP contribution in [0.25, 0.3) is 38.7 Å². The van der Waals surface area contributed by atoms with E-state index in [1.165, 1.54) is 23.5 Å². The highest BCUT2D eigenvalue weighted by Crippen LogP contribution is 2.36. The monoisotopic (exact) mass is 419 g/mol. The molecule has 7 nitrogen and oxygen atoms in total. The second kappa shape index (κ2) is 7.10. The van der Waals surface area contributed by atoms with Crippen molar-refractivity contribution in [2.24, 2.45) is 0 Å². The van der Waals surface area contributed by atoms with Crippen LogP contribution in [0.2, 0.25) is 0 Å². The van der Waals surface area contributed by atoms with Gasteiger partial charge in [0.2, 0.25) is 0 Å². The fourth-order valence-corrected chi connectivity index (χ4v) is 4.27. The molecular weight excluding hydrogens is 401 g/mol. The Balaban J connectivity index is 1.84. The minimum atomic E-state index is -0.294. The number of nitrogens with zero attached hydrogens (tertiary/aromatic N) is 7. The minimum Gasteiger partial charge on any atom is -0.264 e. The summed E-state index contributed by atoms with van der Waals surface area (Å²) in [6.45, 7) is 6.64. The van der Waals surface area contributed by atoms with Crippen molar-refractivity contribution in [3.63, 3.8) is 0 Å². The molecular formula is C21H18FN7S. The molecule has 1 aromatic carbocycles. The van der Waals surface area contributed by atoms with E-state index in [9.17, 15) is 4.39 Å². The number of aryl methyl sites for hydroxylation is 3. The van der Waals surface area contributed by atoms with Crippen LogP contribution in [-0.2, 0) is 6.54 Å². The van der Waals surface area contributed by atoms with E-state index in [-0.39, 0.29) is 5.82 Å². The number of rotatable bonds is 4. The Hall–Kier alpha value is -3.46. The van der Waals surface area contributed by atoms with Gasteiger partial charge in [0.05, 0.1) is 28.2 Å². The Labute approximate surface area is 175 Å². The third-order valence-electron chi connectivity index (χ3n) is 4.92. The van der Waals surface area contributed by atoms with E-state index < -0.39 is 0 Å². The molecule has 4 heterocycles. The zero-order valence-corrected chi connectivity index (χ0v) is 17.5. The van der Waals surface area contributed by atoms with Crippen LogP contribution in [0.1, 0.15) is 17.6 Å². The first-order chi connectivity index (χ1) is 14.5. The molecule has 30 heavy (non-hydrogen) atoms. The highest BCUT2D eigenvalue weighted by molar-refractivity contribution is 7.14. The smallest absolute Gasteiger partial charge is 0.164 e. The number of pyridine rings is 1. The third-order valence-corrected chi connectivity index (χ3v) is 5.79. The minimum absolute atomic E-state index is 0.294. The van der Waals surface area contributed by atoms with Crippen LogP contribution < -0.4 is 0 Å². The molecule has 0 saturated heterocycles. The Morgan fingerprint density at radius 1 is 1.07 bits per heavy atom. The van der Waals surface area contributed by atoms with Gasteiger partial charge in [0.25, 0.3) is 0 Å². The fraction of sp³-hybridized carbons (Fsp3) is 0.190. The van der Waals surface area contributed by atoms with E-state index >= 15 is 0 Å². The molecule has 5 rings (SSSR count). The van der Waals surface area contributed by atoms with Gasteiger partial charge in [-0.3, -0.25) is 4.68 Å². The van der Waals surface area contributed by atoms with Gasteiger partial charge in [-0.25, -0.2) is 14.1 Å². The average Bonchev–Trinajstić information content (AvgIpc) is 3.47. The lowest BCUT2D eigenvalue weighted by molar-refractivity contribution is 0.627. The molecule has 0 aliphatic heterocycles. The summed E-state index contributed by atoms with van der Waals surface area (Å²) in [6.07, 6.45) is 1.77. The van der Waals surface area contributed by atoms with E-state index in [0.29, 0.717) is 5.65 Å². The van der Waals surface area contributed by atoms with Gasteiger partial charge in [-0.1, -0.05) is 11.3 Å². The van der Waals surface area contributed by atoms with Crippen LogP contribution in [0.3, 0.4) is 0 Å². The van der Waals surface area contributed by atoms with Crippen LogP contribution in [0.4, 0.5) is 4.39 Å². The van der Waals surface area contributed by atoms with Crippen LogP contribution in [0, 0.1) is 19.7 Å². The molecule has 150 valence electrons. The molecule has 0 N–H and O–H groups in total. The number of benzene rings is 1. The van der Waals surface area contributed by atoms with E-state index in [4.69, 9.17) is 10.1 Å². The van der Waals surface area contributed by atoms with Gasteiger partial charge in [-0.2, -0.15) is 10.2 Å². The molecule has 0 radical (unpaired) electrons. The van der Waals surface area contributed by atoms with E-state index in [1.807, 2.05) is 37.6 Å². The van der Waals surface area contributed by atoms with Crippen molar-refractivity contribution in [3.05, 3.63) is 59.1 Å². The molecule has 0 spiro atoms. The molecule has 0 atom stereocenters.